The molecule has 9 heterocycles. The summed E-state index contributed by atoms with van der Waals surface area (Å²) in [6.07, 6.45) is 31.4. The number of carbonyl (C=O) groups excluding carboxylic acids is 2. The number of nitrogens with zero attached hydrogens (tertiary/aromatic N) is 9. The average molecular weight is 1330 g/mol. The van der Waals surface area contributed by atoms with Crippen molar-refractivity contribution in [1.29, 1.82) is 0 Å². The molecule has 76 heavy (non-hydrogen) atoms. The minimum absolute atomic E-state index is 0. The molecule has 3 fully saturated rings. The first-order valence-electron chi connectivity index (χ1n) is 24.8. The van der Waals surface area contributed by atoms with Crippen molar-refractivity contribution >= 4 is 77.5 Å². The molecule has 0 spiro atoms. The average Bonchev–Trinajstić information content (AvgIpc) is 4.24. The van der Waals surface area contributed by atoms with Crippen molar-refractivity contribution in [3.8, 4) is 0 Å². The molecule has 0 bridgehead atoms. The summed E-state index contributed by atoms with van der Waals surface area (Å²) in [4.78, 5) is 65.0. The SMILES string of the molecule is Brc1cncc(C2=NCCC2)c1.CCOC(=O)/C=C/c1cncc(C2CCCN2C)c1.CCOC(=O)c1cncc(Br)c1.CN1CCCC1c1cncc(Br)c1.CN1CCCC1c1cncc(CCC(=O)O)c1.N.[CH3-].[Pd]. The van der Waals surface area contributed by atoms with Crippen LogP contribution in [0.3, 0.4) is 0 Å². The van der Waals surface area contributed by atoms with E-state index in [1.807, 2.05) is 31.0 Å². The Bertz CT molecular complexity index is 2610. The van der Waals surface area contributed by atoms with Crippen molar-refractivity contribution in [1.82, 2.24) is 45.8 Å². The fraction of sp³-hybridized carbons (Fsp3) is 0.429. The van der Waals surface area contributed by atoms with Gasteiger partial charge in [-0.3, -0.25) is 49.4 Å². The second kappa shape index (κ2) is 36.6. The number of carbonyl (C=O) groups is 3. The summed E-state index contributed by atoms with van der Waals surface area (Å²) in [5, 5.41) is 8.67. The molecule has 4 aliphatic rings. The van der Waals surface area contributed by atoms with Gasteiger partial charge in [-0.1, -0.05) is 6.07 Å². The van der Waals surface area contributed by atoms with E-state index in [0.717, 1.165) is 56.2 Å². The van der Waals surface area contributed by atoms with E-state index in [0.29, 0.717) is 43.3 Å². The van der Waals surface area contributed by atoms with Crippen molar-refractivity contribution in [3.63, 3.8) is 0 Å². The van der Waals surface area contributed by atoms with Gasteiger partial charge in [-0.2, -0.15) is 0 Å². The Hall–Kier alpha value is -4.49. The minimum atomic E-state index is -0.756. The number of carboxylic acid groups (broad SMARTS) is 1. The number of ether oxygens (including phenoxy) is 2. The quantitative estimate of drug-likeness (QED) is 0.0515. The topological polar surface area (TPSA) is 211 Å². The van der Waals surface area contributed by atoms with Gasteiger partial charge in [0.05, 0.1) is 18.8 Å². The van der Waals surface area contributed by atoms with E-state index in [-0.39, 0.29) is 52.4 Å². The van der Waals surface area contributed by atoms with Crippen LogP contribution in [0.5, 0.6) is 0 Å². The molecule has 5 aromatic rings. The van der Waals surface area contributed by atoms with Crippen LogP contribution in [0, 0.1) is 7.43 Å². The Kier molecular flexibility index (Phi) is 32.5. The van der Waals surface area contributed by atoms with Crippen molar-refractivity contribution < 1.29 is 49.4 Å². The standard InChI is InChI=1S/C15H20N2O2.C13H18N2O2.C10H13BrN2.C9H9BrN2.C8H8BrNO2.CH3.H3N.Pd/c1-3-19-15(18)7-6-12-9-13(11-16-10-12)14-5-4-8-17(14)2;1-15-6-2-3-12(15)11-7-10(8-14-9-11)4-5-13(16)17;1-13-4-2-3-10(13)8-5-9(11)7-12-6-8;10-8-4-7(5-11-6-8)9-2-1-3-12-9;1-2-12-8(11)6-3-7(9)5-10-4-6;;;/h6-7,9-11,14H,3-5,8H2,1-2H3;7-9,12H,2-6H2,1H3,(H,16,17);5-7,10H,2-4H2,1H3;4-6H,1-3H2;3-5H,2H2,1H3;2*1H3;/q;;;;;-1;;/b7-6+;;;;;;;. The van der Waals surface area contributed by atoms with E-state index in [9.17, 15) is 14.4 Å². The molecule has 416 valence electrons. The van der Waals surface area contributed by atoms with Crippen LogP contribution in [0.2, 0.25) is 0 Å². The van der Waals surface area contributed by atoms with Crippen LogP contribution in [0.15, 0.2) is 117 Å². The van der Waals surface area contributed by atoms with Gasteiger partial charge in [-0.15, -0.1) is 0 Å². The summed E-state index contributed by atoms with van der Waals surface area (Å²) in [6, 6.07) is 11.6. The zero-order chi connectivity index (χ0) is 52.5. The van der Waals surface area contributed by atoms with Gasteiger partial charge in [0, 0.05) is 144 Å². The van der Waals surface area contributed by atoms with Gasteiger partial charge in [-0.25, -0.2) is 9.59 Å². The maximum absolute atomic E-state index is 11.3. The number of esters is 2. The molecule has 0 saturated carbocycles. The van der Waals surface area contributed by atoms with Crippen LogP contribution in [0.25, 0.3) is 6.08 Å². The summed E-state index contributed by atoms with van der Waals surface area (Å²) in [6.45, 7) is 8.78. The summed E-state index contributed by atoms with van der Waals surface area (Å²) in [7, 11) is 6.44. The zero-order valence-electron chi connectivity index (χ0n) is 44.5. The normalized spacial score (nSPS) is 17.7. The molecule has 3 atom stereocenters. The maximum Gasteiger partial charge on any atom is 0.339 e. The summed E-state index contributed by atoms with van der Waals surface area (Å²) in [5.41, 5.74) is 8.53. The van der Waals surface area contributed by atoms with Gasteiger partial charge in [0.1, 0.15) is 0 Å². The van der Waals surface area contributed by atoms with E-state index >= 15 is 0 Å². The zero-order valence-corrected chi connectivity index (χ0v) is 50.8. The van der Waals surface area contributed by atoms with E-state index in [2.05, 4.69) is 138 Å². The largest absolute Gasteiger partial charge is 0.481 e. The molecule has 5 aromatic heterocycles. The van der Waals surface area contributed by atoms with Gasteiger partial charge in [0.25, 0.3) is 0 Å². The molecule has 3 saturated heterocycles. The molecule has 9 rings (SSSR count). The number of aromatic nitrogens is 5. The van der Waals surface area contributed by atoms with Crippen LogP contribution >= 0.6 is 47.8 Å². The number of pyridine rings is 5. The molecule has 0 amide bonds. The van der Waals surface area contributed by atoms with Crippen LogP contribution in [-0.4, -0.2) is 129 Å². The molecule has 0 aliphatic carbocycles. The fourth-order valence-corrected chi connectivity index (χ4v) is 9.98. The molecule has 20 heteroatoms. The van der Waals surface area contributed by atoms with Gasteiger partial charge < -0.3 is 28.2 Å². The first kappa shape index (κ1) is 67.6. The van der Waals surface area contributed by atoms with Gasteiger partial charge in [0.2, 0.25) is 0 Å². The van der Waals surface area contributed by atoms with Gasteiger partial charge in [-0.05, 0) is 218 Å². The summed E-state index contributed by atoms with van der Waals surface area (Å²) >= 11 is 10.1. The summed E-state index contributed by atoms with van der Waals surface area (Å²) < 4.78 is 12.5. The predicted molar refractivity (Wildman–Crippen MR) is 308 cm³/mol. The van der Waals surface area contributed by atoms with Crippen molar-refractivity contribution in [2.75, 3.05) is 60.5 Å². The van der Waals surface area contributed by atoms with Gasteiger partial charge >= 0.3 is 17.9 Å². The number of aryl methyl sites for hydroxylation is 1. The third-order valence-electron chi connectivity index (χ3n) is 12.5. The molecule has 4 aliphatic heterocycles. The fourth-order valence-electron chi connectivity index (χ4n) is 8.87. The van der Waals surface area contributed by atoms with Crippen molar-refractivity contribution in [3.05, 3.63) is 158 Å². The van der Waals surface area contributed by atoms with Crippen LogP contribution in [0.4, 0.5) is 0 Å². The number of hydrogen-bond acceptors (Lipinski definition) is 15. The number of aliphatic carboxylic acids is 1. The molecule has 0 aromatic carbocycles. The Balaban J connectivity index is 0.000000326. The Morgan fingerprint density at radius 3 is 1.63 bits per heavy atom. The number of aliphatic imine (C=N–C) groups is 1. The molecule has 4 N–H and O–H groups in total. The third-order valence-corrected chi connectivity index (χ3v) is 13.8. The van der Waals surface area contributed by atoms with E-state index in [1.54, 1.807) is 50.8 Å². The number of hydrogen-bond donors (Lipinski definition) is 2. The monoisotopic (exact) mass is 1330 g/mol. The predicted octanol–water partition coefficient (Wildman–Crippen LogP) is 12.0. The molecular formula is C56H74Br3N10O6Pd-. The smallest absolute Gasteiger partial charge is 0.339 e. The second-order valence-corrected chi connectivity index (χ2v) is 20.7. The van der Waals surface area contributed by atoms with Crippen molar-refractivity contribution in [2.24, 2.45) is 4.99 Å². The molecule has 0 radical (unpaired) electrons. The van der Waals surface area contributed by atoms with Gasteiger partial charge in [0.15, 0.2) is 0 Å². The van der Waals surface area contributed by atoms with E-state index in [1.165, 1.54) is 86.2 Å². The number of halogens is 3. The molecule has 3 unspecified atom stereocenters. The second-order valence-electron chi connectivity index (χ2n) is 17.9. The van der Waals surface area contributed by atoms with Crippen molar-refractivity contribution in [2.45, 2.75) is 96.2 Å². The minimum Gasteiger partial charge on any atom is -0.481 e. The third kappa shape index (κ3) is 23.2. The molecule has 16 nitrogen and oxygen atoms in total. The number of rotatable bonds is 12. The van der Waals surface area contributed by atoms with Crippen LogP contribution in [-0.2, 0) is 45.9 Å². The first-order valence-corrected chi connectivity index (χ1v) is 27.2. The first-order chi connectivity index (χ1) is 35.2. The van der Waals surface area contributed by atoms with Crippen LogP contribution < -0.4 is 6.15 Å². The summed E-state index contributed by atoms with van der Waals surface area (Å²) in [5.74, 6) is -1.41. The van der Waals surface area contributed by atoms with Crippen LogP contribution in [0.1, 0.15) is 133 Å². The Morgan fingerprint density at radius 1 is 0.645 bits per heavy atom. The Morgan fingerprint density at radius 2 is 1.14 bits per heavy atom. The van der Waals surface area contributed by atoms with E-state index in [4.69, 9.17) is 14.6 Å². The maximum atomic E-state index is 11.3. The Labute approximate surface area is 489 Å². The van der Waals surface area contributed by atoms with E-state index < -0.39 is 5.97 Å². The number of likely N-dealkylation sites (tertiary alicyclic amines) is 3. The number of carboxylic acids is 1. The molecular weight excluding hydrogens is 1250 g/mol.